The summed E-state index contributed by atoms with van der Waals surface area (Å²) in [6.07, 6.45) is 0.324. The minimum Gasteiger partial charge on any atom is -0.229 e. The lowest BCUT2D eigenvalue weighted by atomic mass is 10.3. The average molecular weight is 248 g/mol. The van der Waals surface area contributed by atoms with Crippen LogP contribution in [0.5, 0.6) is 0 Å². The van der Waals surface area contributed by atoms with Crippen LogP contribution in [0.4, 0.5) is 0 Å². The molecule has 8 heteroatoms. The minimum atomic E-state index is -3.80. The van der Waals surface area contributed by atoms with E-state index in [4.69, 9.17) is 10.7 Å². The predicted molar refractivity (Wildman–Crippen MR) is 49.6 cm³/mol. The number of halogens is 1. The lowest BCUT2D eigenvalue weighted by Crippen LogP contribution is -2.34. The van der Waals surface area contributed by atoms with Gasteiger partial charge in [-0.15, -0.1) is 0 Å². The second-order valence-corrected chi connectivity index (χ2v) is 7.81. The highest BCUT2D eigenvalue weighted by Crippen LogP contribution is 2.20. The summed E-state index contributed by atoms with van der Waals surface area (Å²) in [6.45, 7) is 0. The van der Waals surface area contributed by atoms with Crippen LogP contribution in [-0.2, 0) is 19.1 Å². The molecule has 0 aliphatic carbocycles. The molecule has 0 N–H and O–H groups in total. The monoisotopic (exact) mass is 247 g/mol. The van der Waals surface area contributed by atoms with Crippen LogP contribution in [-0.4, -0.2) is 45.7 Å². The van der Waals surface area contributed by atoms with E-state index < -0.39 is 25.1 Å². The molecule has 1 heterocycles. The zero-order valence-electron chi connectivity index (χ0n) is 6.97. The first-order valence-corrected chi connectivity index (χ1v) is 7.69. The number of nitrogens with zero attached hydrogens (tertiary/aromatic N) is 1. The first-order valence-electron chi connectivity index (χ1n) is 3.60. The molecule has 78 valence electrons. The standard InChI is InChI=1S/C5H10ClNO4S2/c1-7(13(6,10)11)5-2-3-12(8,9)4-5/h5H,2-4H2,1H3. The number of sulfone groups is 1. The van der Waals surface area contributed by atoms with Crippen molar-refractivity contribution in [1.29, 1.82) is 0 Å². The minimum absolute atomic E-state index is 0.0361. The Labute approximate surface area is 82.1 Å². The van der Waals surface area contributed by atoms with Crippen molar-refractivity contribution in [1.82, 2.24) is 4.31 Å². The van der Waals surface area contributed by atoms with Crippen molar-refractivity contribution in [3.05, 3.63) is 0 Å². The highest BCUT2D eigenvalue weighted by Gasteiger charge is 2.34. The van der Waals surface area contributed by atoms with Gasteiger partial charge < -0.3 is 0 Å². The molecule has 0 spiro atoms. The van der Waals surface area contributed by atoms with E-state index >= 15 is 0 Å². The number of hydrogen-bond acceptors (Lipinski definition) is 4. The Morgan fingerprint density at radius 3 is 2.31 bits per heavy atom. The smallest absolute Gasteiger partial charge is 0.229 e. The summed E-state index contributed by atoms with van der Waals surface area (Å²) < 4.78 is 44.6. The maximum Gasteiger partial charge on any atom is 0.299 e. The molecule has 0 amide bonds. The summed E-state index contributed by atoms with van der Waals surface area (Å²) >= 11 is 0. The molecular formula is C5H10ClNO4S2. The summed E-state index contributed by atoms with van der Waals surface area (Å²) in [5, 5.41) is 0. The predicted octanol–water partition coefficient (Wildman–Crippen LogP) is -0.411. The fourth-order valence-corrected chi connectivity index (χ4v) is 3.98. The Morgan fingerprint density at radius 2 is 2.00 bits per heavy atom. The molecule has 1 aliphatic rings. The van der Waals surface area contributed by atoms with Gasteiger partial charge >= 0.3 is 0 Å². The van der Waals surface area contributed by atoms with Gasteiger partial charge in [0.15, 0.2) is 9.84 Å². The highest BCUT2D eigenvalue weighted by molar-refractivity contribution is 8.11. The van der Waals surface area contributed by atoms with Gasteiger partial charge in [-0.3, -0.25) is 0 Å². The van der Waals surface area contributed by atoms with Crippen LogP contribution in [0.1, 0.15) is 6.42 Å². The zero-order chi connectivity index (χ0) is 10.3. The Bertz CT molecular complexity index is 387. The van der Waals surface area contributed by atoms with Crippen LogP contribution in [0.25, 0.3) is 0 Å². The van der Waals surface area contributed by atoms with Crippen LogP contribution in [0.3, 0.4) is 0 Å². The van der Waals surface area contributed by atoms with E-state index in [0.29, 0.717) is 6.42 Å². The van der Waals surface area contributed by atoms with Crippen molar-refractivity contribution in [3.8, 4) is 0 Å². The molecule has 1 saturated heterocycles. The van der Waals surface area contributed by atoms with Gasteiger partial charge in [-0.25, -0.2) is 8.42 Å². The van der Waals surface area contributed by atoms with E-state index in [1.54, 1.807) is 0 Å². The fourth-order valence-electron chi connectivity index (χ4n) is 1.24. The van der Waals surface area contributed by atoms with Crippen LogP contribution in [0.15, 0.2) is 0 Å². The first kappa shape index (κ1) is 11.2. The van der Waals surface area contributed by atoms with Gasteiger partial charge in [0, 0.05) is 23.8 Å². The molecule has 1 aliphatic heterocycles. The molecule has 1 unspecified atom stereocenters. The van der Waals surface area contributed by atoms with Gasteiger partial charge in [0.05, 0.1) is 11.5 Å². The molecule has 0 aromatic rings. The first-order chi connectivity index (χ1) is 5.72. The highest BCUT2D eigenvalue weighted by atomic mass is 35.7. The van der Waals surface area contributed by atoms with Crippen LogP contribution in [0, 0.1) is 0 Å². The van der Waals surface area contributed by atoms with Gasteiger partial charge in [0.2, 0.25) is 0 Å². The largest absolute Gasteiger partial charge is 0.299 e. The van der Waals surface area contributed by atoms with Gasteiger partial charge in [0.1, 0.15) is 0 Å². The molecule has 1 atom stereocenters. The molecule has 0 bridgehead atoms. The maximum absolute atomic E-state index is 11.0. The second-order valence-electron chi connectivity index (χ2n) is 3.02. The number of hydrogen-bond donors (Lipinski definition) is 0. The average Bonchev–Trinajstić information content (AvgIpc) is 2.26. The van der Waals surface area contributed by atoms with E-state index in [1.165, 1.54) is 7.05 Å². The molecule has 0 saturated carbocycles. The van der Waals surface area contributed by atoms with E-state index in [0.717, 1.165) is 4.31 Å². The maximum atomic E-state index is 11.0. The molecule has 1 fully saturated rings. The molecule has 1 rings (SSSR count). The molecule has 0 aromatic heterocycles. The topological polar surface area (TPSA) is 71.5 Å². The summed E-state index contributed by atoms with van der Waals surface area (Å²) in [5.74, 6) is -0.0934. The SMILES string of the molecule is CN(C1CCS(=O)(=O)C1)S(=O)(=O)Cl. The third-order valence-electron chi connectivity index (χ3n) is 2.07. The zero-order valence-corrected chi connectivity index (χ0v) is 9.36. The van der Waals surface area contributed by atoms with Crippen LogP contribution < -0.4 is 0 Å². The summed E-state index contributed by atoms with van der Waals surface area (Å²) in [6, 6.07) is -0.507. The fraction of sp³-hybridized carbons (Fsp3) is 1.00. The van der Waals surface area contributed by atoms with Gasteiger partial charge in [-0.1, -0.05) is 0 Å². The summed E-state index contributed by atoms with van der Waals surface area (Å²) in [5.41, 5.74) is 0. The quantitative estimate of drug-likeness (QED) is 0.622. The molecule has 13 heavy (non-hydrogen) atoms. The van der Waals surface area contributed by atoms with Crippen molar-refractivity contribution >= 4 is 29.8 Å². The van der Waals surface area contributed by atoms with Crippen LogP contribution in [0.2, 0.25) is 0 Å². The van der Waals surface area contributed by atoms with Crippen molar-refractivity contribution < 1.29 is 16.8 Å². The third-order valence-corrected chi connectivity index (χ3v) is 5.46. The summed E-state index contributed by atoms with van der Waals surface area (Å²) in [4.78, 5) is 0. The Morgan fingerprint density at radius 1 is 1.46 bits per heavy atom. The van der Waals surface area contributed by atoms with Crippen LogP contribution >= 0.6 is 10.7 Å². The second kappa shape index (κ2) is 3.38. The molecule has 5 nitrogen and oxygen atoms in total. The number of rotatable bonds is 2. The van der Waals surface area contributed by atoms with Gasteiger partial charge in [-0.2, -0.15) is 12.7 Å². The Kier molecular flexibility index (Phi) is 2.92. The lowest BCUT2D eigenvalue weighted by molar-refractivity contribution is 0.403. The third kappa shape index (κ3) is 2.80. The molecule has 0 aromatic carbocycles. The lowest BCUT2D eigenvalue weighted by Gasteiger charge is -2.18. The van der Waals surface area contributed by atoms with Crippen molar-refractivity contribution in [2.75, 3.05) is 18.6 Å². The van der Waals surface area contributed by atoms with E-state index in [1.807, 2.05) is 0 Å². The summed E-state index contributed by atoms with van der Waals surface area (Å²) in [7, 11) is -0.515. The van der Waals surface area contributed by atoms with Gasteiger partial charge in [-0.05, 0) is 6.42 Å². The molecular weight excluding hydrogens is 238 g/mol. The Balaban J connectivity index is 2.79. The van der Waals surface area contributed by atoms with E-state index in [-0.39, 0.29) is 11.5 Å². The van der Waals surface area contributed by atoms with E-state index in [2.05, 4.69) is 0 Å². The Hall–Kier alpha value is 0.150. The molecule has 0 radical (unpaired) electrons. The van der Waals surface area contributed by atoms with Crippen molar-refractivity contribution in [2.45, 2.75) is 12.5 Å². The van der Waals surface area contributed by atoms with Crippen molar-refractivity contribution in [2.24, 2.45) is 0 Å². The normalized spacial score (nSPS) is 28.1. The van der Waals surface area contributed by atoms with Crippen molar-refractivity contribution in [3.63, 3.8) is 0 Å². The van der Waals surface area contributed by atoms with Gasteiger partial charge in [0.25, 0.3) is 9.24 Å². The van der Waals surface area contributed by atoms with E-state index in [9.17, 15) is 16.8 Å².